The number of hydrogen-bond donors (Lipinski definition) is 1. The highest BCUT2D eigenvalue weighted by Gasteiger charge is 2.15. The van der Waals surface area contributed by atoms with Crippen molar-refractivity contribution >= 4 is 27.5 Å². The second-order valence-corrected chi connectivity index (χ2v) is 7.01. The summed E-state index contributed by atoms with van der Waals surface area (Å²) in [6, 6.07) is 8.34. The molecule has 3 aromatic rings. The topological polar surface area (TPSA) is 64.7 Å². The van der Waals surface area contributed by atoms with Gasteiger partial charge in [-0.2, -0.15) is 10.2 Å². The SMILES string of the molecule is Cc1cccc(Cn2nc(C)c(NC(=O)Cn3cc(Br)cn3)c2C)c1. The zero-order chi connectivity index (χ0) is 18.0. The molecule has 130 valence electrons. The molecule has 0 unspecified atom stereocenters. The summed E-state index contributed by atoms with van der Waals surface area (Å²) in [4.78, 5) is 12.3. The Morgan fingerprint density at radius 2 is 2.08 bits per heavy atom. The third kappa shape index (κ3) is 4.17. The monoisotopic (exact) mass is 401 g/mol. The van der Waals surface area contributed by atoms with Gasteiger partial charge in [-0.05, 0) is 42.3 Å². The Balaban J connectivity index is 1.74. The van der Waals surface area contributed by atoms with Crippen LogP contribution in [-0.2, 0) is 17.9 Å². The van der Waals surface area contributed by atoms with Crippen molar-refractivity contribution in [1.82, 2.24) is 19.6 Å². The molecule has 25 heavy (non-hydrogen) atoms. The van der Waals surface area contributed by atoms with Crippen LogP contribution in [0.4, 0.5) is 5.69 Å². The molecule has 0 spiro atoms. The van der Waals surface area contributed by atoms with E-state index in [1.165, 1.54) is 11.1 Å². The Hall–Kier alpha value is -2.41. The molecule has 0 atom stereocenters. The maximum absolute atomic E-state index is 12.3. The maximum atomic E-state index is 12.3. The second-order valence-electron chi connectivity index (χ2n) is 6.10. The van der Waals surface area contributed by atoms with Crippen molar-refractivity contribution in [2.75, 3.05) is 5.32 Å². The van der Waals surface area contributed by atoms with Crippen molar-refractivity contribution in [3.63, 3.8) is 0 Å². The van der Waals surface area contributed by atoms with E-state index in [1.807, 2.05) is 24.6 Å². The number of carbonyl (C=O) groups is 1. The largest absolute Gasteiger partial charge is 0.321 e. The quantitative estimate of drug-likeness (QED) is 0.711. The Morgan fingerprint density at radius 3 is 2.76 bits per heavy atom. The van der Waals surface area contributed by atoms with E-state index in [4.69, 9.17) is 0 Å². The van der Waals surface area contributed by atoms with Crippen LogP contribution in [-0.4, -0.2) is 25.5 Å². The van der Waals surface area contributed by atoms with E-state index in [0.29, 0.717) is 6.54 Å². The third-order valence-electron chi connectivity index (χ3n) is 3.97. The van der Waals surface area contributed by atoms with Crippen LogP contribution < -0.4 is 5.32 Å². The van der Waals surface area contributed by atoms with Gasteiger partial charge in [0.15, 0.2) is 0 Å². The molecule has 0 aliphatic heterocycles. The number of nitrogens with one attached hydrogen (secondary N) is 1. The van der Waals surface area contributed by atoms with E-state index < -0.39 is 0 Å². The lowest BCUT2D eigenvalue weighted by Gasteiger charge is -2.08. The van der Waals surface area contributed by atoms with E-state index in [1.54, 1.807) is 17.1 Å². The molecule has 1 aromatic carbocycles. The van der Waals surface area contributed by atoms with Crippen LogP contribution in [0.15, 0.2) is 41.1 Å². The minimum Gasteiger partial charge on any atom is -0.321 e. The molecule has 0 radical (unpaired) electrons. The van der Waals surface area contributed by atoms with Crippen LogP contribution in [0.5, 0.6) is 0 Å². The van der Waals surface area contributed by atoms with Gasteiger partial charge in [0, 0.05) is 6.20 Å². The predicted molar refractivity (Wildman–Crippen MR) is 101 cm³/mol. The highest BCUT2D eigenvalue weighted by Crippen LogP contribution is 2.21. The molecule has 0 aliphatic rings. The van der Waals surface area contributed by atoms with Gasteiger partial charge >= 0.3 is 0 Å². The average Bonchev–Trinajstić information content (AvgIpc) is 3.06. The summed E-state index contributed by atoms with van der Waals surface area (Å²) in [5.41, 5.74) is 4.92. The van der Waals surface area contributed by atoms with Gasteiger partial charge < -0.3 is 5.32 Å². The number of anilines is 1. The van der Waals surface area contributed by atoms with Crippen LogP contribution in [0.2, 0.25) is 0 Å². The first-order chi connectivity index (χ1) is 11.9. The fraction of sp³-hybridized carbons (Fsp3) is 0.278. The second kappa shape index (κ2) is 7.23. The zero-order valence-electron chi connectivity index (χ0n) is 14.5. The van der Waals surface area contributed by atoms with Gasteiger partial charge in [-0.3, -0.25) is 14.2 Å². The standard InChI is InChI=1S/C18H20BrN5O/c1-12-5-4-6-15(7-12)9-24-14(3)18(13(2)22-24)21-17(25)11-23-10-16(19)8-20-23/h4-8,10H,9,11H2,1-3H3,(H,21,25). The average molecular weight is 402 g/mol. The number of nitrogens with zero attached hydrogens (tertiary/aromatic N) is 4. The molecule has 0 saturated heterocycles. The molecule has 2 heterocycles. The van der Waals surface area contributed by atoms with Gasteiger partial charge in [0.2, 0.25) is 5.91 Å². The van der Waals surface area contributed by atoms with E-state index in [2.05, 4.69) is 56.6 Å². The van der Waals surface area contributed by atoms with Gasteiger partial charge in [-0.25, -0.2) is 0 Å². The van der Waals surface area contributed by atoms with Gasteiger partial charge in [-0.1, -0.05) is 29.8 Å². The van der Waals surface area contributed by atoms with Gasteiger partial charge in [-0.15, -0.1) is 0 Å². The minimum atomic E-state index is -0.128. The summed E-state index contributed by atoms with van der Waals surface area (Å²) >= 11 is 3.32. The summed E-state index contributed by atoms with van der Waals surface area (Å²) in [5.74, 6) is -0.128. The van der Waals surface area contributed by atoms with E-state index >= 15 is 0 Å². The first-order valence-electron chi connectivity index (χ1n) is 7.99. The fourth-order valence-corrected chi connectivity index (χ4v) is 3.09. The Bertz CT molecular complexity index is 912. The Morgan fingerprint density at radius 1 is 1.28 bits per heavy atom. The first kappa shape index (κ1) is 17.4. The van der Waals surface area contributed by atoms with Crippen molar-refractivity contribution in [2.24, 2.45) is 0 Å². The summed E-state index contributed by atoms with van der Waals surface area (Å²) in [6.07, 6.45) is 3.42. The number of rotatable bonds is 5. The number of amides is 1. The van der Waals surface area contributed by atoms with Crippen molar-refractivity contribution < 1.29 is 4.79 Å². The highest BCUT2D eigenvalue weighted by atomic mass is 79.9. The number of aromatic nitrogens is 4. The molecule has 0 bridgehead atoms. The Labute approximate surface area is 155 Å². The summed E-state index contributed by atoms with van der Waals surface area (Å²) < 4.78 is 4.35. The predicted octanol–water partition coefficient (Wildman–Crippen LogP) is 3.45. The van der Waals surface area contributed by atoms with Gasteiger partial charge in [0.1, 0.15) is 6.54 Å². The van der Waals surface area contributed by atoms with E-state index in [-0.39, 0.29) is 12.5 Å². The fourth-order valence-electron chi connectivity index (χ4n) is 2.77. The number of benzene rings is 1. The van der Waals surface area contributed by atoms with Crippen LogP contribution in [0, 0.1) is 20.8 Å². The molecule has 1 N–H and O–H groups in total. The van der Waals surface area contributed by atoms with E-state index in [0.717, 1.165) is 21.5 Å². The number of carbonyl (C=O) groups excluding carboxylic acids is 1. The van der Waals surface area contributed by atoms with Crippen LogP contribution >= 0.6 is 15.9 Å². The Kier molecular flexibility index (Phi) is 5.03. The minimum absolute atomic E-state index is 0.128. The smallest absolute Gasteiger partial charge is 0.246 e. The molecule has 0 aliphatic carbocycles. The number of hydrogen-bond acceptors (Lipinski definition) is 3. The summed E-state index contributed by atoms with van der Waals surface area (Å²) in [7, 11) is 0. The van der Waals surface area contributed by atoms with Crippen molar-refractivity contribution in [3.8, 4) is 0 Å². The third-order valence-corrected chi connectivity index (χ3v) is 4.38. The van der Waals surface area contributed by atoms with Crippen LogP contribution in [0.1, 0.15) is 22.5 Å². The van der Waals surface area contributed by atoms with Crippen LogP contribution in [0.25, 0.3) is 0 Å². The normalized spacial score (nSPS) is 10.9. The lowest BCUT2D eigenvalue weighted by Crippen LogP contribution is -2.19. The summed E-state index contributed by atoms with van der Waals surface area (Å²) in [5, 5.41) is 11.6. The van der Waals surface area contributed by atoms with Gasteiger partial charge in [0.05, 0.1) is 34.3 Å². The van der Waals surface area contributed by atoms with Crippen molar-refractivity contribution in [3.05, 3.63) is 63.6 Å². The number of halogens is 1. The molecular weight excluding hydrogens is 382 g/mol. The molecule has 0 saturated carbocycles. The van der Waals surface area contributed by atoms with Gasteiger partial charge in [0.25, 0.3) is 0 Å². The molecule has 2 aromatic heterocycles. The molecule has 3 rings (SSSR count). The summed E-state index contributed by atoms with van der Waals surface area (Å²) in [6.45, 7) is 6.78. The molecular formula is C18H20BrN5O. The molecule has 1 amide bonds. The van der Waals surface area contributed by atoms with Crippen molar-refractivity contribution in [1.29, 1.82) is 0 Å². The lowest BCUT2D eigenvalue weighted by atomic mass is 10.1. The lowest BCUT2D eigenvalue weighted by molar-refractivity contribution is -0.116. The highest BCUT2D eigenvalue weighted by molar-refractivity contribution is 9.10. The number of aryl methyl sites for hydroxylation is 2. The maximum Gasteiger partial charge on any atom is 0.246 e. The van der Waals surface area contributed by atoms with E-state index in [9.17, 15) is 4.79 Å². The van der Waals surface area contributed by atoms with Crippen molar-refractivity contribution in [2.45, 2.75) is 33.9 Å². The molecule has 7 heteroatoms. The van der Waals surface area contributed by atoms with Crippen LogP contribution in [0.3, 0.4) is 0 Å². The zero-order valence-corrected chi connectivity index (χ0v) is 16.0. The first-order valence-corrected chi connectivity index (χ1v) is 8.79. The molecule has 6 nitrogen and oxygen atoms in total. The molecule has 0 fully saturated rings.